The topological polar surface area (TPSA) is 66.9 Å². The molecule has 3 atom stereocenters. The van der Waals surface area contributed by atoms with E-state index in [4.69, 9.17) is 4.74 Å². The Morgan fingerprint density at radius 3 is 2.85 bits per heavy atom. The molecule has 0 aromatic heterocycles. The molecule has 1 aromatic rings. The number of fused-ring (bicyclic) bond motifs is 2. The molecule has 3 fully saturated rings. The van der Waals surface area contributed by atoms with Crippen LogP contribution in [0.2, 0.25) is 0 Å². The van der Waals surface area contributed by atoms with Crippen molar-refractivity contribution in [3.8, 4) is 0 Å². The zero-order chi connectivity index (χ0) is 18.1. The van der Waals surface area contributed by atoms with Gasteiger partial charge in [-0.15, -0.1) is 0 Å². The Morgan fingerprint density at radius 1 is 1.23 bits per heavy atom. The first-order chi connectivity index (χ1) is 12.5. The molecule has 4 aliphatic heterocycles. The molecular formula is C20H22N2O4. The number of carbonyl (C=O) groups excluding carboxylic acids is 3. The number of rotatable bonds is 2. The van der Waals surface area contributed by atoms with Crippen LogP contribution in [0.4, 0.5) is 5.69 Å². The van der Waals surface area contributed by atoms with E-state index < -0.39 is 11.0 Å². The summed E-state index contributed by atoms with van der Waals surface area (Å²) >= 11 is 0. The van der Waals surface area contributed by atoms with Gasteiger partial charge in [0.1, 0.15) is 5.54 Å². The SMILES string of the molecule is COC(=O)C[C@@]12CCCN3CC[C@]4(C(=O)c5ccccc5N4C(=O)C1)[C@H]32. The number of piperidine rings is 2. The Morgan fingerprint density at radius 2 is 2.04 bits per heavy atom. The molecule has 5 rings (SSSR count). The molecule has 0 N–H and O–H groups in total. The Balaban J connectivity index is 1.70. The van der Waals surface area contributed by atoms with Gasteiger partial charge in [0, 0.05) is 30.0 Å². The predicted octanol–water partition coefficient (Wildman–Crippen LogP) is 1.78. The minimum absolute atomic E-state index is 0.0350. The number of ketones is 1. The van der Waals surface area contributed by atoms with Crippen LogP contribution in [0.3, 0.4) is 0 Å². The van der Waals surface area contributed by atoms with E-state index in [1.165, 1.54) is 7.11 Å². The normalized spacial score (nSPS) is 35.1. The van der Waals surface area contributed by atoms with Crippen LogP contribution in [0.5, 0.6) is 0 Å². The molecule has 4 heterocycles. The van der Waals surface area contributed by atoms with Crippen LogP contribution in [0.25, 0.3) is 0 Å². The van der Waals surface area contributed by atoms with Crippen molar-refractivity contribution >= 4 is 23.3 Å². The average Bonchev–Trinajstić information content (AvgIpc) is 3.14. The van der Waals surface area contributed by atoms with E-state index in [0.717, 1.165) is 31.6 Å². The lowest BCUT2D eigenvalue weighted by molar-refractivity contribution is -0.149. The lowest BCUT2D eigenvalue weighted by atomic mass is 9.59. The monoisotopic (exact) mass is 354 g/mol. The van der Waals surface area contributed by atoms with Gasteiger partial charge in [0.25, 0.3) is 0 Å². The Bertz CT molecular complexity index is 837. The molecule has 0 radical (unpaired) electrons. The number of esters is 1. The predicted molar refractivity (Wildman–Crippen MR) is 93.9 cm³/mol. The Hall–Kier alpha value is -2.21. The molecule has 4 aliphatic rings. The van der Waals surface area contributed by atoms with Gasteiger partial charge in [-0.25, -0.2) is 0 Å². The summed E-state index contributed by atoms with van der Waals surface area (Å²) in [6, 6.07) is 7.32. The molecule has 0 saturated carbocycles. The number of methoxy groups -OCH3 is 1. The van der Waals surface area contributed by atoms with Gasteiger partial charge in [0.2, 0.25) is 5.91 Å². The second-order valence-corrected chi connectivity index (χ2v) is 8.08. The highest BCUT2D eigenvalue weighted by Gasteiger charge is 2.71. The molecule has 26 heavy (non-hydrogen) atoms. The fourth-order valence-electron chi connectivity index (χ4n) is 6.20. The molecule has 0 aliphatic carbocycles. The molecule has 6 nitrogen and oxygen atoms in total. The van der Waals surface area contributed by atoms with Gasteiger partial charge in [-0.2, -0.15) is 0 Å². The fourth-order valence-corrected chi connectivity index (χ4v) is 6.20. The number of hydrogen-bond acceptors (Lipinski definition) is 5. The zero-order valence-electron chi connectivity index (χ0n) is 14.9. The van der Waals surface area contributed by atoms with Gasteiger partial charge in [-0.1, -0.05) is 12.1 Å². The summed E-state index contributed by atoms with van der Waals surface area (Å²) < 4.78 is 4.95. The third-order valence-electron chi connectivity index (χ3n) is 6.96. The van der Waals surface area contributed by atoms with E-state index in [-0.39, 0.29) is 30.1 Å². The quantitative estimate of drug-likeness (QED) is 0.758. The van der Waals surface area contributed by atoms with Crippen molar-refractivity contribution in [2.24, 2.45) is 5.41 Å². The summed E-state index contributed by atoms with van der Waals surface area (Å²) in [5.41, 5.74) is 0.0179. The second kappa shape index (κ2) is 5.16. The van der Waals surface area contributed by atoms with E-state index in [0.29, 0.717) is 18.4 Å². The third-order valence-corrected chi connectivity index (χ3v) is 6.96. The van der Waals surface area contributed by atoms with E-state index in [9.17, 15) is 14.4 Å². The smallest absolute Gasteiger partial charge is 0.306 e. The first-order valence-electron chi connectivity index (χ1n) is 9.31. The van der Waals surface area contributed by atoms with Crippen LogP contribution in [0.1, 0.15) is 42.5 Å². The maximum absolute atomic E-state index is 13.6. The zero-order valence-corrected chi connectivity index (χ0v) is 14.9. The highest BCUT2D eigenvalue weighted by atomic mass is 16.5. The Kier molecular flexibility index (Phi) is 3.18. The van der Waals surface area contributed by atoms with Crippen molar-refractivity contribution in [3.63, 3.8) is 0 Å². The number of ether oxygens (including phenoxy) is 1. The molecule has 136 valence electrons. The lowest BCUT2D eigenvalue weighted by Crippen LogP contribution is -2.72. The van der Waals surface area contributed by atoms with Crippen molar-refractivity contribution < 1.29 is 19.1 Å². The minimum Gasteiger partial charge on any atom is -0.469 e. The largest absolute Gasteiger partial charge is 0.469 e. The van der Waals surface area contributed by atoms with E-state index >= 15 is 0 Å². The standard InChI is InChI=1S/C20H22N2O4/c1-26-16(24)12-19-7-4-9-21-10-8-20(18(19)21)17(25)13-5-2-3-6-14(13)22(20)15(23)11-19/h2-3,5-6,18H,4,7-12H2,1H3/t18-,19-,20+/m1/s1. The highest BCUT2D eigenvalue weighted by molar-refractivity contribution is 6.22. The number of nitrogens with zero attached hydrogens (tertiary/aromatic N) is 2. The first-order valence-corrected chi connectivity index (χ1v) is 9.31. The molecular weight excluding hydrogens is 332 g/mol. The van der Waals surface area contributed by atoms with E-state index in [1.54, 1.807) is 4.90 Å². The Labute approximate surface area is 152 Å². The third kappa shape index (κ3) is 1.73. The molecule has 6 heteroatoms. The molecule has 1 amide bonds. The maximum Gasteiger partial charge on any atom is 0.306 e. The van der Waals surface area contributed by atoms with Crippen LogP contribution in [0, 0.1) is 5.41 Å². The van der Waals surface area contributed by atoms with E-state index in [1.807, 2.05) is 24.3 Å². The summed E-state index contributed by atoms with van der Waals surface area (Å²) in [5, 5.41) is 0. The van der Waals surface area contributed by atoms with Gasteiger partial charge in [-0.05, 0) is 37.9 Å². The van der Waals surface area contributed by atoms with Gasteiger partial charge in [0.05, 0.1) is 19.2 Å². The number of anilines is 1. The van der Waals surface area contributed by atoms with Crippen molar-refractivity contribution in [1.82, 2.24) is 4.90 Å². The summed E-state index contributed by atoms with van der Waals surface area (Å²) in [6.45, 7) is 1.71. The number of benzene rings is 1. The number of hydrogen-bond donors (Lipinski definition) is 0. The summed E-state index contributed by atoms with van der Waals surface area (Å²) in [7, 11) is 1.39. The van der Waals surface area contributed by atoms with Crippen molar-refractivity contribution in [2.75, 3.05) is 25.1 Å². The average molecular weight is 354 g/mol. The second-order valence-electron chi connectivity index (χ2n) is 8.08. The fraction of sp³-hybridized carbons (Fsp3) is 0.550. The summed E-state index contributed by atoms with van der Waals surface area (Å²) in [5.74, 6) is -0.282. The molecule has 1 aromatic carbocycles. The van der Waals surface area contributed by atoms with Crippen LogP contribution >= 0.6 is 0 Å². The maximum atomic E-state index is 13.6. The van der Waals surface area contributed by atoms with E-state index in [2.05, 4.69) is 4.90 Å². The number of amides is 1. The number of carbonyl (C=O) groups is 3. The van der Waals surface area contributed by atoms with Crippen molar-refractivity contribution in [1.29, 1.82) is 0 Å². The van der Waals surface area contributed by atoms with Gasteiger partial charge in [-0.3, -0.25) is 24.2 Å². The molecule has 1 spiro atoms. The summed E-state index contributed by atoms with van der Waals surface area (Å²) in [6.07, 6.45) is 2.87. The van der Waals surface area contributed by atoms with Crippen LogP contribution in [-0.4, -0.2) is 54.3 Å². The van der Waals surface area contributed by atoms with Crippen molar-refractivity contribution in [3.05, 3.63) is 29.8 Å². The van der Waals surface area contributed by atoms with Crippen LogP contribution in [0.15, 0.2) is 24.3 Å². The van der Waals surface area contributed by atoms with Gasteiger partial charge >= 0.3 is 5.97 Å². The molecule has 0 bridgehead atoms. The number of para-hydroxylation sites is 1. The molecule has 0 unspecified atom stereocenters. The highest BCUT2D eigenvalue weighted by Crippen LogP contribution is 2.60. The van der Waals surface area contributed by atoms with Gasteiger partial charge < -0.3 is 4.74 Å². The lowest BCUT2D eigenvalue weighted by Gasteiger charge is -2.57. The summed E-state index contributed by atoms with van der Waals surface area (Å²) in [4.78, 5) is 43.2. The minimum atomic E-state index is -0.854. The number of Topliss-reactive ketones (excluding diaryl/α,β-unsaturated/α-hetero) is 1. The van der Waals surface area contributed by atoms with Crippen LogP contribution < -0.4 is 4.90 Å². The van der Waals surface area contributed by atoms with Crippen molar-refractivity contribution in [2.45, 2.75) is 43.7 Å². The molecule has 3 saturated heterocycles. The first kappa shape index (κ1) is 16.0. The van der Waals surface area contributed by atoms with Crippen LogP contribution in [-0.2, 0) is 14.3 Å². The van der Waals surface area contributed by atoms with Gasteiger partial charge in [0.15, 0.2) is 5.78 Å².